The Morgan fingerprint density at radius 2 is 1.95 bits per heavy atom. The number of rotatable bonds is 3. The van der Waals surface area contributed by atoms with Crippen LogP contribution in [0.25, 0.3) is 0 Å². The number of nitrogens with two attached hydrogens (primary N) is 2. The molecular formula is C12H11ClN4O3S. The molecule has 2 aromatic rings. The third-order valence-electron chi connectivity index (χ3n) is 2.50. The second kappa shape index (κ2) is 5.68. The normalized spacial score (nSPS) is 11.1. The van der Waals surface area contributed by atoms with Crippen molar-refractivity contribution in [1.82, 2.24) is 4.98 Å². The largest absolute Gasteiger partial charge is 0.384 e. The first-order chi connectivity index (χ1) is 9.75. The van der Waals surface area contributed by atoms with Gasteiger partial charge in [-0.15, -0.1) is 0 Å². The summed E-state index contributed by atoms with van der Waals surface area (Å²) in [5.74, 6) is -0.400. The molecule has 0 saturated heterocycles. The van der Waals surface area contributed by atoms with Crippen LogP contribution in [0, 0.1) is 0 Å². The summed E-state index contributed by atoms with van der Waals surface area (Å²) in [6.07, 6.45) is 0. The molecule has 1 heterocycles. The van der Waals surface area contributed by atoms with Crippen molar-refractivity contribution >= 4 is 39.0 Å². The highest BCUT2D eigenvalue weighted by atomic mass is 35.5. The fourth-order valence-electron chi connectivity index (χ4n) is 1.60. The molecule has 0 radical (unpaired) electrons. The molecule has 21 heavy (non-hydrogen) atoms. The number of nitrogens with one attached hydrogen (secondary N) is 1. The van der Waals surface area contributed by atoms with Crippen LogP contribution in [-0.2, 0) is 10.0 Å². The Kier molecular flexibility index (Phi) is 4.12. The van der Waals surface area contributed by atoms with Gasteiger partial charge in [-0.05, 0) is 30.3 Å². The van der Waals surface area contributed by atoms with Gasteiger partial charge in [0.1, 0.15) is 11.0 Å². The number of aromatic nitrogens is 1. The van der Waals surface area contributed by atoms with Gasteiger partial charge in [0, 0.05) is 11.3 Å². The first kappa shape index (κ1) is 15.2. The van der Waals surface area contributed by atoms with Crippen molar-refractivity contribution in [2.45, 2.75) is 4.90 Å². The van der Waals surface area contributed by atoms with E-state index < -0.39 is 15.9 Å². The van der Waals surface area contributed by atoms with Gasteiger partial charge in [0.2, 0.25) is 10.0 Å². The van der Waals surface area contributed by atoms with Crippen LogP contribution in [0.2, 0.25) is 5.15 Å². The Labute approximate surface area is 126 Å². The molecule has 0 aliphatic rings. The number of anilines is 2. The number of carbonyl (C=O) groups is 1. The van der Waals surface area contributed by atoms with E-state index in [-0.39, 0.29) is 27.1 Å². The van der Waals surface area contributed by atoms with E-state index in [4.69, 9.17) is 22.5 Å². The van der Waals surface area contributed by atoms with E-state index in [1.807, 2.05) is 0 Å². The zero-order valence-corrected chi connectivity index (χ0v) is 12.1. The van der Waals surface area contributed by atoms with Crippen molar-refractivity contribution in [3.8, 4) is 0 Å². The van der Waals surface area contributed by atoms with Gasteiger partial charge in [0.15, 0.2) is 0 Å². The summed E-state index contributed by atoms with van der Waals surface area (Å²) in [4.78, 5) is 15.7. The molecule has 0 aliphatic carbocycles. The van der Waals surface area contributed by atoms with Crippen molar-refractivity contribution in [1.29, 1.82) is 0 Å². The number of pyridine rings is 1. The average molecular weight is 327 g/mol. The van der Waals surface area contributed by atoms with Gasteiger partial charge >= 0.3 is 0 Å². The van der Waals surface area contributed by atoms with Crippen molar-refractivity contribution in [3.63, 3.8) is 0 Å². The second-order valence-electron chi connectivity index (χ2n) is 4.13. The van der Waals surface area contributed by atoms with Crippen LogP contribution in [-0.4, -0.2) is 19.3 Å². The lowest BCUT2D eigenvalue weighted by molar-refractivity contribution is 0.102. The van der Waals surface area contributed by atoms with E-state index >= 15 is 0 Å². The van der Waals surface area contributed by atoms with Crippen LogP contribution in [0.4, 0.5) is 11.5 Å². The number of amides is 1. The monoisotopic (exact) mass is 326 g/mol. The summed E-state index contributed by atoms with van der Waals surface area (Å²) in [7, 11) is -3.84. The van der Waals surface area contributed by atoms with Gasteiger partial charge in [-0.2, -0.15) is 0 Å². The molecule has 0 aliphatic heterocycles. The van der Waals surface area contributed by atoms with Crippen molar-refractivity contribution in [3.05, 3.63) is 47.1 Å². The Morgan fingerprint density at radius 1 is 1.24 bits per heavy atom. The molecule has 2 rings (SSSR count). The molecule has 0 spiro atoms. The lowest BCUT2D eigenvalue weighted by Gasteiger charge is -2.07. The topological polar surface area (TPSA) is 128 Å². The highest BCUT2D eigenvalue weighted by Gasteiger charge is 2.11. The lowest BCUT2D eigenvalue weighted by Crippen LogP contribution is -2.15. The van der Waals surface area contributed by atoms with E-state index in [0.717, 1.165) is 0 Å². The Balaban J connectivity index is 2.28. The second-order valence-corrected chi connectivity index (χ2v) is 6.08. The fraction of sp³-hybridized carbons (Fsp3) is 0. The quantitative estimate of drug-likeness (QED) is 0.730. The third-order valence-corrected chi connectivity index (χ3v) is 3.60. The smallest absolute Gasteiger partial charge is 0.255 e. The number of primary sulfonamides is 1. The summed E-state index contributed by atoms with van der Waals surface area (Å²) in [6, 6.07) is 8.26. The molecule has 0 saturated carbocycles. The lowest BCUT2D eigenvalue weighted by atomic mass is 10.2. The van der Waals surface area contributed by atoms with Crippen LogP contribution in [0.3, 0.4) is 0 Å². The maximum absolute atomic E-state index is 12.0. The SMILES string of the molecule is Nc1cc(C(=O)Nc2cccc(S(N)(=O)=O)c2)cc(Cl)n1. The molecule has 0 bridgehead atoms. The standard InChI is InChI=1S/C12H11ClN4O3S/c13-10-4-7(5-11(14)17-10)12(18)16-8-2-1-3-9(6-8)21(15,19)20/h1-6H,(H2,14,17)(H,16,18)(H2,15,19,20). The molecule has 1 aromatic heterocycles. The average Bonchev–Trinajstić information content (AvgIpc) is 2.37. The van der Waals surface area contributed by atoms with Crippen LogP contribution < -0.4 is 16.2 Å². The highest BCUT2D eigenvalue weighted by molar-refractivity contribution is 7.89. The number of nitrogens with zero attached hydrogens (tertiary/aromatic N) is 1. The number of carbonyl (C=O) groups excluding carboxylic acids is 1. The van der Waals surface area contributed by atoms with Crippen molar-refractivity contribution in [2.75, 3.05) is 11.1 Å². The fourth-order valence-corrected chi connectivity index (χ4v) is 2.38. The molecule has 110 valence electrons. The van der Waals surface area contributed by atoms with Crippen LogP contribution in [0.5, 0.6) is 0 Å². The van der Waals surface area contributed by atoms with Crippen LogP contribution in [0.1, 0.15) is 10.4 Å². The van der Waals surface area contributed by atoms with E-state index in [0.29, 0.717) is 0 Å². The molecule has 0 unspecified atom stereocenters. The predicted molar refractivity (Wildman–Crippen MR) is 79.4 cm³/mol. The van der Waals surface area contributed by atoms with Crippen LogP contribution in [0.15, 0.2) is 41.3 Å². The summed E-state index contributed by atoms with van der Waals surface area (Å²) in [5, 5.41) is 7.63. The van der Waals surface area contributed by atoms with Gasteiger partial charge in [-0.1, -0.05) is 17.7 Å². The molecule has 0 atom stereocenters. The first-order valence-electron chi connectivity index (χ1n) is 5.63. The van der Waals surface area contributed by atoms with Gasteiger partial charge < -0.3 is 11.1 Å². The third kappa shape index (κ3) is 3.91. The van der Waals surface area contributed by atoms with Crippen molar-refractivity contribution in [2.24, 2.45) is 5.14 Å². The number of nitrogen functional groups attached to an aromatic ring is 1. The molecule has 9 heteroatoms. The summed E-state index contributed by atoms with van der Waals surface area (Å²) in [5.41, 5.74) is 5.98. The van der Waals surface area contributed by atoms with E-state index in [1.54, 1.807) is 0 Å². The number of hydrogen-bond donors (Lipinski definition) is 3. The summed E-state index contributed by atoms with van der Waals surface area (Å²) < 4.78 is 22.5. The molecule has 7 nitrogen and oxygen atoms in total. The Bertz CT molecular complexity index is 788. The number of sulfonamides is 1. The first-order valence-corrected chi connectivity index (χ1v) is 7.55. The summed E-state index contributed by atoms with van der Waals surface area (Å²) >= 11 is 5.72. The van der Waals surface area contributed by atoms with Crippen molar-refractivity contribution < 1.29 is 13.2 Å². The molecule has 5 N–H and O–H groups in total. The number of hydrogen-bond acceptors (Lipinski definition) is 5. The van der Waals surface area contributed by atoms with Gasteiger partial charge in [0.25, 0.3) is 5.91 Å². The zero-order valence-electron chi connectivity index (χ0n) is 10.6. The number of halogens is 1. The van der Waals surface area contributed by atoms with Gasteiger partial charge in [-0.25, -0.2) is 18.5 Å². The summed E-state index contributed by atoms with van der Waals surface area (Å²) in [6.45, 7) is 0. The van der Waals surface area contributed by atoms with E-state index in [2.05, 4.69) is 10.3 Å². The molecule has 1 aromatic carbocycles. The molecular weight excluding hydrogens is 316 g/mol. The zero-order chi connectivity index (χ0) is 15.6. The minimum Gasteiger partial charge on any atom is -0.384 e. The Morgan fingerprint density at radius 3 is 2.57 bits per heavy atom. The van der Waals surface area contributed by atoms with Gasteiger partial charge in [0.05, 0.1) is 4.90 Å². The number of benzene rings is 1. The molecule has 0 fully saturated rings. The van der Waals surface area contributed by atoms with E-state index in [1.165, 1.54) is 36.4 Å². The van der Waals surface area contributed by atoms with Gasteiger partial charge in [-0.3, -0.25) is 4.79 Å². The predicted octanol–water partition coefficient (Wildman–Crippen LogP) is 1.22. The van der Waals surface area contributed by atoms with Crippen LogP contribution >= 0.6 is 11.6 Å². The van der Waals surface area contributed by atoms with E-state index in [9.17, 15) is 13.2 Å². The highest BCUT2D eigenvalue weighted by Crippen LogP contribution is 2.17. The Hall–Kier alpha value is -2.16. The minimum atomic E-state index is -3.84. The maximum Gasteiger partial charge on any atom is 0.255 e. The maximum atomic E-state index is 12.0. The molecule has 1 amide bonds. The minimum absolute atomic E-state index is 0.0819.